The van der Waals surface area contributed by atoms with Crippen LogP contribution in [-0.4, -0.2) is 35.9 Å². The number of aryl methyl sites for hydroxylation is 1. The van der Waals surface area contributed by atoms with Crippen LogP contribution in [0.3, 0.4) is 0 Å². The van der Waals surface area contributed by atoms with E-state index in [2.05, 4.69) is 5.32 Å². The van der Waals surface area contributed by atoms with Gasteiger partial charge in [-0.05, 0) is 38.7 Å². The van der Waals surface area contributed by atoms with Gasteiger partial charge in [-0.3, -0.25) is 0 Å². The number of nitrogens with zero attached hydrogens (tertiary/aromatic N) is 1. The molecule has 0 bridgehead atoms. The maximum atomic E-state index is 12.4. The smallest absolute Gasteiger partial charge is 0.419 e. The van der Waals surface area contributed by atoms with Crippen molar-refractivity contribution in [2.24, 2.45) is 0 Å². The predicted octanol–water partition coefficient (Wildman–Crippen LogP) is 3.11. The number of rotatable bonds is 2. The summed E-state index contributed by atoms with van der Waals surface area (Å²) >= 11 is 0. The van der Waals surface area contributed by atoms with Crippen molar-refractivity contribution in [3.63, 3.8) is 0 Å². The maximum Gasteiger partial charge on any atom is 0.419 e. The lowest BCUT2D eigenvalue weighted by atomic mass is 10.0. The fourth-order valence-corrected chi connectivity index (χ4v) is 3.00. The van der Waals surface area contributed by atoms with E-state index in [9.17, 15) is 9.59 Å². The molecule has 1 unspecified atom stereocenters. The number of benzene rings is 1. The molecule has 6 nitrogen and oxygen atoms in total. The molecule has 2 aliphatic rings. The largest absolute Gasteiger partial charge is 0.439 e. The average molecular weight is 318 g/mol. The monoisotopic (exact) mass is 318 g/mol. The summed E-state index contributed by atoms with van der Waals surface area (Å²) in [5.74, 6) is 0. The van der Waals surface area contributed by atoms with Gasteiger partial charge in [-0.15, -0.1) is 0 Å². The third-order valence-corrected chi connectivity index (χ3v) is 4.36. The third-order valence-electron chi connectivity index (χ3n) is 4.36. The molecule has 2 heterocycles. The van der Waals surface area contributed by atoms with Gasteiger partial charge < -0.3 is 14.8 Å². The molecule has 2 fully saturated rings. The Kier molecular flexibility index (Phi) is 4.52. The Bertz CT molecular complexity index is 581. The Morgan fingerprint density at radius 1 is 1.26 bits per heavy atom. The highest BCUT2D eigenvalue weighted by Crippen LogP contribution is 2.32. The van der Waals surface area contributed by atoms with Crippen LogP contribution in [0.25, 0.3) is 0 Å². The summed E-state index contributed by atoms with van der Waals surface area (Å²) in [4.78, 5) is 25.7. The van der Waals surface area contributed by atoms with E-state index in [4.69, 9.17) is 9.47 Å². The standard InChI is InChI=1S/C17H22N2O4/c1-11-6-8-13(9-7-11)15-12(2)19(17(21)23-15)16(20)18-14-5-3-4-10-22-14/h6-9,12,14-15H,3-5,10H2,1-2H3,(H,18,20)/t12-,14?,15+/m1/s1. The fraction of sp³-hybridized carbons (Fsp3) is 0.529. The number of carbonyl (C=O) groups excluding carboxylic acids is 2. The summed E-state index contributed by atoms with van der Waals surface area (Å²) in [6, 6.07) is 6.96. The molecule has 1 aromatic carbocycles. The number of amides is 3. The molecule has 2 aliphatic heterocycles. The van der Waals surface area contributed by atoms with Crippen molar-refractivity contribution in [3.05, 3.63) is 35.4 Å². The van der Waals surface area contributed by atoms with E-state index >= 15 is 0 Å². The zero-order valence-corrected chi connectivity index (χ0v) is 13.5. The lowest BCUT2D eigenvalue weighted by Gasteiger charge is -2.26. The Morgan fingerprint density at radius 3 is 2.65 bits per heavy atom. The van der Waals surface area contributed by atoms with Gasteiger partial charge >= 0.3 is 12.1 Å². The van der Waals surface area contributed by atoms with Crippen LogP contribution >= 0.6 is 0 Å². The molecule has 3 rings (SSSR count). The number of nitrogens with one attached hydrogen (secondary N) is 1. The summed E-state index contributed by atoms with van der Waals surface area (Å²) in [6.07, 6.45) is 1.40. The lowest BCUT2D eigenvalue weighted by Crippen LogP contribution is -2.49. The molecule has 0 saturated carbocycles. The molecular weight excluding hydrogens is 296 g/mol. The second-order valence-electron chi connectivity index (χ2n) is 6.13. The predicted molar refractivity (Wildman–Crippen MR) is 83.8 cm³/mol. The second kappa shape index (κ2) is 6.58. The minimum Gasteiger partial charge on any atom is -0.439 e. The van der Waals surface area contributed by atoms with E-state index in [1.165, 1.54) is 0 Å². The van der Waals surface area contributed by atoms with Crippen LogP contribution in [0.1, 0.15) is 43.4 Å². The van der Waals surface area contributed by atoms with Crippen molar-refractivity contribution < 1.29 is 19.1 Å². The van der Waals surface area contributed by atoms with Gasteiger partial charge in [0.15, 0.2) is 0 Å². The van der Waals surface area contributed by atoms with Gasteiger partial charge in [0.25, 0.3) is 0 Å². The van der Waals surface area contributed by atoms with Crippen LogP contribution in [0.2, 0.25) is 0 Å². The molecule has 0 radical (unpaired) electrons. The quantitative estimate of drug-likeness (QED) is 0.910. The highest BCUT2D eigenvalue weighted by molar-refractivity contribution is 5.92. The summed E-state index contributed by atoms with van der Waals surface area (Å²) < 4.78 is 10.9. The first-order chi connectivity index (χ1) is 11.1. The number of hydrogen-bond donors (Lipinski definition) is 1. The average Bonchev–Trinajstić information content (AvgIpc) is 2.84. The van der Waals surface area contributed by atoms with Gasteiger partial charge in [-0.2, -0.15) is 0 Å². The van der Waals surface area contributed by atoms with Crippen LogP contribution < -0.4 is 5.32 Å². The summed E-state index contributed by atoms with van der Waals surface area (Å²) in [5.41, 5.74) is 2.02. The molecule has 0 spiro atoms. The van der Waals surface area contributed by atoms with Gasteiger partial charge in [0.2, 0.25) is 0 Å². The number of cyclic esters (lactones) is 1. The van der Waals surface area contributed by atoms with E-state index < -0.39 is 18.2 Å². The molecule has 124 valence electrons. The molecular formula is C17H22N2O4. The van der Waals surface area contributed by atoms with Crippen molar-refractivity contribution in [2.45, 2.75) is 51.5 Å². The minimum absolute atomic E-state index is 0.324. The first-order valence-corrected chi connectivity index (χ1v) is 8.05. The molecule has 23 heavy (non-hydrogen) atoms. The van der Waals surface area contributed by atoms with Crippen molar-refractivity contribution in [2.75, 3.05) is 6.61 Å². The Hall–Kier alpha value is -2.08. The normalized spacial score (nSPS) is 27.7. The molecule has 3 amide bonds. The highest BCUT2D eigenvalue weighted by atomic mass is 16.6. The SMILES string of the molecule is Cc1ccc([C@H]2OC(=O)N(C(=O)NC3CCCCO3)[C@@H]2C)cc1. The number of imide groups is 1. The van der Waals surface area contributed by atoms with Crippen molar-refractivity contribution in [1.29, 1.82) is 0 Å². The topological polar surface area (TPSA) is 67.9 Å². The zero-order valence-electron chi connectivity index (χ0n) is 13.5. The third kappa shape index (κ3) is 3.32. The maximum absolute atomic E-state index is 12.4. The van der Waals surface area contributed by atoms with E-state index in [0.29, 0.717) is 6.61 Å². The molecule has 1 aromatic rings. The molecule has 0 aromatic heterocycles. The van der Waals surface area contributed by atoms with Crippen LogP contribution in [0.15, 0.2) is 24.3 Å². The van der Waals surface area contributed by atoms with Crippen LogP contribution in [0, 0.1) is 6.92 Å². The highest BCUT2D eigenvalue weighted by Gasteiger charge is 2.44. The van der Waals surface area contributed by atoms with E-state index in [-0.39, 0.29) is 12.3 Å². The van der Waals surface area contributed by atoms with E-state index in [0.717, 1.165) is 35.3 Å². The van der Waals surface area contributed by atoms with Gasteiger partial charge in [0, 0.05) is 6.61 Å². The van der Waals surface area contributed by atoms with Crippen LogP contribution in [0.5, 0.6) is 0 Å². The minimum atomic E-state index is -0.614. The van der Waals surface area contributed by atoms with Crippen molar-refractivity contribution in [3.8, 4) is 0 Å². The zero-order chi connectivity index (χ0) is 16.4. The summed E-state index contributed by atoms with van der Waals surface area (Å²) in [7, 11) is 0. The Labute approximate surface area is 135 Å². The molecule has 1 N–H and O–H groups in total. The lowest BCUT2D eigenvalue weighted by molar-refractivity contribution is -0.0000137. The first kappa shape index (κ1) is 15.8. The Morgan fingerprint density at radius 2 is 2.00 bits per heavy atom. The van der Waals surface area contributed by atoms with E-state index in [1.54, 1.807) is 0 Å². The van der Waals surface area contributed by atoms with Gasteiger partial charge in [-0.25, -0.2) is 14.5 Å². The van der Waals surface area contributed by atoms with Gasteiger partial charge in [-0.1, -0.05) is 29.8 Å². The molecule has 6 heteroatoms. The molecule has 2 saturated heterocycles. The van der Waals surface area contributed by atoms with Gasteiger partial charge in [0.05, 0.1) is 6.04 Å². The summed E-state index contributed by atoms with van der Waals surface area (Å²) in [5, 5.41) is 2.77. The number of urea groups is 1. The second-order valence-corrected chi connectivity index (χ2v) is 6.13. The van der Waals surface area contributed by atoms with Crippen LogP contribution in [-0.2, 0) is 9.47 Å². The van der Waals surface area contributed by atoms with E-state index in [1.807, 2.05) is 38.1 Å². The molecule has 0 aliphatic carbocycles. The van der Waals surface area contributed by atoms with Crippen molar-refractivity contribution in [1.82, 2.24) is 10.2 Å². The molecule has 3 atom stereocenters. The fourth-order valence-electron chi connectivity index (χ4n) is 3.00. The summed E-state index contributed by atoms with van der Waals surface area (Å²) in [6.45, 7) is 4.45. The van der Waals surface area contributed by atoms with Gasteiger partial charge in [0.1, 0.15) is 12.3 Å². The number of carbonyl (C=O) groups is 2. The van der Waals surface area contributed by atoms with Crippen LogP contribution in [0.4, 0.5) is 9.59 Å². The number of ether oxygens (including phenoxy) is 2. The Balaban J connectivity index is 1.69. The van der Waals surface area contributed by atoms with Crippen molar-refractivity contribution >= 4 is 12.1 Å². The number of hydrogen-bond acceptors (Lipinski definition) is 4. The first-order valence-electron chi connectivity index (χ1n) is 8.05.